The van der Waals surface area contributed by atoms with Crippen LogP contribution >= 0.6 is 11.6 Å². The topological polar surface area (TPSA) is 141 Å². The fraction of sp³-hybridized carbons (Fsp3) is 0.296. The Balaban J connectivity index is 1.66. The molecule has 1 saturated heterocycles. The van der Waals surface area contributed by atoms with Crippen molar-refractivity contribution >= 4 is 48.9 Å². The quantitative estimate of drug-likeness (QED) is 0.335. The molecule has 4 rings (SSSR count). The minimum absolute atomic E-state index is 0.0957. The molecule has 0 aromatic heterocycles. The molecule has 1 N–H and O–H groups in total. The first-order valence-electron chi connectivity index (χ1n) is 12.6. The van der Waals surface area contributed by atoms with Crippen molar-refractivity contribution < 1.29 is 40.6 Å². The van der Waals surface area contributed by atoms with E-state index in [1.165, 1.54) is 86.3 Å². The van der Waals surface area contributed by atoms with Crippen LogP contribution in [0.15, 0.2) is 70.5 Å². The van der Waals surface area contributed by atoms with Crippen molar-refractivity contribution in [2.75, 3.05) is 63.8 Å². The predicted octanol–water partition coefficient (Wildman–Crippen LogP) is 3.22. The van der Waals surface area contributed by atoms with Crippen LogP contribution in [0.25, 0.3) is 0 Å². The van der Waals surface area contributed by atoms with E-state index < -0.39 is 32.5 Å². The van der Waals surface area contributed by atoms with Crippen molar-refractivity contribution in [2.45, 2.75) is 9.79 Å². The molecule has 0 radical (unpaired) electrons. The van der Waals surface area contributed by atoms with E-state index in [9.17, 15) is 21.6 Å². The molecule has 0 spiro atoms. The molecular formula is C27H30ClN3O9S2. The van der Waals surface area contributed by atoms with Crippen LogP contribution in [-0.2, 0) is 29.6 Å². The average Bonchev–Trinajstić information content (AvgIpc) is 3.00. The van der Waals surface area contributed by atoms with Gasteiger partial charge in [-0.25, -0.2) is 16.8 Å². The number of nitrogens with zero attached hydrogens (tertiary/aromatic N) is 2. The summed E-state index contributed by atoms with van der Waals surface area (Å²) in [7, 11) is -4.14. The highest BCUT2D eigenvalue weighted by molar-refractivity contribution is 7.92. The molecule has 1 aliphatic heterocycles. The van der Waals surface area contributed by atoms with Crippen LogP contribution in [0, 0.1) is 0 Å². The molecule has 3 aromatic carbocycles. The largest absolute Gasteiger partial charge is 0.495 e. The summed E-state index contributed by atoms with van der Waals surface area (Å²) in [5, 5.41) is 2.98. The Kier molecular flexibility index (Phi) is 9.84. The second kappa shape index (κ2) is 13.2. The molecule has 0 unspecified atom stereocenters. The molecule has 15 heteroatoms. The summed E-state index contributed by atoms with van der Waals surface area (Å²) < 4.78 is 77.5. The molecule has 0 atom stereocenters. The summed E-state index contributed by atoms with van der Waals surface area (Å²) in [4.78, 5) is 13.0. The lowest BCUT2D eigenvalue weighted by atomic mass is 10.3. The zero-order chi connectivity index (χ0) is 30.5. The van der Waals surface area contributed by atoms with E-state index in [0.717, 1.165) is 4.31 Å². The maximum absolute atomic E-state index is 13.8. The number of carbonyl (C=O) groups is 1. The Bertz CT molecular complexity index is 1640. The molecule has 1 heterocycles. The summed E-state index contributed by atoms with van der Waals surface area (Å²) in [5.74, 6) is -0.117. The van der Waals surface area contributed by atoms with Gasteiger partial charge in [0.1, 0.15) is 17.2 Å². The number of morpholine rings is 1. The fourth-order valence-electron chi connectivity index (χ4n) is 4.24. The van der Waals surface area contributed by atoms with Gasteiger partial charge in [-0.1, -0.05) is 11.6 Å². The summed E-state index contributed by atoms with van der Waals surface area (Å²) in [6, 6.07) is 14.2. The molecule has 3 aromatic rings. The highest BCUT2D eigenvalue weighted by atomic mass is 35.5. The van der Waals surface area contributed by atoms with Gasteiger partial charge in [0.15, 0.2) is 11.5 Å². The number of carbonyl (C=O) groups excluding carboxylic acids is 1. The minimum Gasteiger partial charge on any atom is -0.495 e. The van der Waals surface area contributed by atoms with Gasteiger partial charge < -0.3 is 24.3 Å². The number of ether oxygens (including phenoxy) is 4. The van der Waals surface area contributed by atoms with Gasteiger partial charge >= 0.3 is 0 Å². The summed E-state index contributed by atoms with van der Waals surface area (Å²) >= 11 is 6.02. The van der Waals surface area contributed by atoms with Crippen LogP contribution in [0.4, 0.5) is 11.4 Å². The monoisotopic (exact) mass is 639 g/mol. The normalized spacial score (nSPS) is 14.2. The van der Waals surface area contributed by atoms with Crippen molar-refractivity contribution in [2.24, 2.45) is 0 Å². The second-order valence-electron chi connectivity index (χ2n) is 8.94. The van der Waals surface area contributed by atoms with Crippen LogP contribution in [-0.4, -0.2) is 81.2 Å². The number of hydrogen-bond donors (Lipinski definition) is 1. The number of benzene rings is 3. The molecule has 1 aliphatic rings. The van der Waals surface area contributed by atoms with Crippen LogP contribution in [0.1, 0.15) is 0 Å². The molecule has 0 saturated carbocycles. The van der Waals surface area contributed by atoms with Gasteiger partial charge in [-0.15, -0.1) is 0 Å². The molecular weight excluding hydrogens is 610 g/mol. The van der Waals surface area contributed by atoms with E-state index >= 15 is 0 Å². The average molecular weight is 640 g/mol. The second-order valence-corrected chi connectivity index (χ2v) is 13.1. The van der Waals surface area contributed by atoms with Crippen molar-refractivity contribution in [1.82, 2.24) is 4.31 Å². The summed E-state index contributed by atoms with van der Waals surface area (Å²) in [5.41, 5.74) is 0.307. The molecule has 1 amide bonds. The first-order valence-corrected chi connectivity index (χ1v) is 15.8. The Labute approximate surface area is 249 Å². The minimum atomic E-state index is -4.31. The lowest BCUT2D eigenvalue weighted by Gasteiger charge is -2.27. The fourth-order valence-corrected chi connectivity index (χ4v) is 7.39. The number of methoxy groups -OCH3 is 3. The van der Waals surface area contributed by atoms with Gasteiger partial charge in [-0.2, -0.15) is 4.31 Å². The van der Waals surface area contributed by atoms with E-state index in [2.05, 4.69) is 5.32 Å². The number of halogens is 1. The van der Waals surface area contributed by atoms with Crippen LogP contribution in [0.2, 0.25) is 5.02 Å². The zero-order valence-electron chi connectivity index (χ0n) is 23.1. The molecule has 42 heavy (non-hydrogen) atoms. The van der Waals surface area contributed by atoms with E-state index in [-0.39, 0.29) is 59.0 Å². The van der Waals surface area contributed by atoms with Gasteiger partial charge in [-0.05, 0) is 54.6 Å². The highest BCUT2D eigenvalue weighted by Gasteiger charge is 2.31. The third-order valence-electron chi connectivity index (χ3n) is 6.38. The lowest BCUT2D eigenvalue weighted by molar-refractivity contribution is -0.114. The maximum Gasteiger partial charge on any atom is 0.264 e. The number of rotatable bonds is 11. The van der Waals surface area contributed by atoms with Crippen LogP contribution in [0.5, 0.6) is 17.2 Å². The number of nitrogens with one attached hydrogen (secondary N) is 1. The van der Waals surface area contributed by atoms with Gasteiger partial charge in [0.25, 0.3) is 10.0 Å². The summed E-state index contributed by atoms with van der Waals surface area (Å²) in [6.45, 7) is 0.217. The van der Waals surface area contributed by atoms with Crippen LogP contribution < -0.4 is 23.8 Å². The molecule has 0 bridgehead atoms. The summed E-state index contributed by atoms with van der Waals surface area (Å²) in [6.07, 6.45) is 0. The van der Waals surface area contributed by atoms with Crippen molar-refractivity contribution in [1.29, 1.82) is 0 Å². The standard InChI is InChI=1S/C27H30ClN3O9S2/c1-37-23-11-9-22(17-25(23)39-3)41(33,34)31(21-7-4-19(28)5-8-21)18-27(32)29-20-6-10-24(38-2)26(16-20)42(35,36)30-12-14-40-15-13-30/h4-11,16-17H,12-15,18H2,1-3H3,(H,29,32). The van der Waals surface area contributed by atoms with E-state index in [1.54, 1.807) is 0 Å². The van der Waals surface area contributed by atoms with Crippen molar-refractivity contribution in [3.8, 4) is 17.2 Å². The molecule has 12 nitrogen and oxygen atoms in total. The predicted molar refractivity (Wildman–Crippen MR) is 157 cm³/mol. The number of amides is 1. The Morgan fingerprint density at radius 3 is 2.12 bits per heavy atom. The Morgan fingerprint density at radius 2 is 1.50 bits per heavy atom. The van der Waals surface area contributed by atoms with Gasteiger partial charge in [-0.3, -0.25) is 9.10 Å². The third kappa shape index (κ3) is 6.73. The van der Waals surface area contributed by atoms with Crippen LogP contribution in [0.3, 0.4) is 0 Å². The number of hydrogen-bond acceptors (Lipinski definition) is 9. The van der Waals surface area contributed by atoms with Crippen molar-refractivity contribution in [3.05, 3.63) is 65.7 Å². The Hall–Kier alpha value is -3.56. The Morgan fingerprint density at radius 1 is 0.881 bits per heavy atom. The third-order valence-corrected chi connectivity index (χ3v) is 10.3. The first-order chi connectivity index (χ1) is 20.0. The van der Waals surface area contributed by atoms with Gasteiger partial charge in [0, 0.05) is 29.9 Å². The van der Waals surface area contributed by atoms with E-state index in [0.29, 0.717) is 10.8 Å². The lowest BCUT2D eigenvalue weighted by Crippen LogP contribution is -2.40. The van der Waals surface area contributed by atoms with Gasteiger partial charge in [0.05, 0.1) is 45.1 Å². The molecule has 0 aliphatic carbocycles. The molecule has 1 fully saturated rings. The first kappa shape index (κ1) is 31.4. The maximum atomic E-state index is 13.8. The van der Waals surface area contributed by atoms with Gasteiger partial charge in [0.2, 0.25) is 15.9 Å². The highest BCUT2D eigenvalue weighted by Crippen LogP contribution is 2.33. The smallest absolute Gasteiger partial charge is 0.264 e. The van der Waals surface area contributed by atoms with Crippen molar-refractivity contribution in [3.63, 3.8) is 0 Å². The SMILES string of the molecule is COc1ccc(S(=O)(=O)N(CC(=O)Nc2ccc(OC)c(S(=O)(=O)N3CCOCC3)c2)c2ccc(Cl)cc2)cc1OC. The zero-order valence-corrected chi connectivity index (χ0v) is 25.5. The van der Waals surface area contributed by atoms with E-state index in [1.807, 2.05) is 0 Å². The number of anilines is 2. The molecule has 226 valence electrons. The van der Waals surface area contributed by atoms with E-state index in [4.69, 9.17) is 30.5 Å². The number of sulfonamides is 2.